The predicted molar refractivity (Wildman–Crippen MR) is 107 cm³/mol. The van der Waals surface area contributed by atoms with E-state index in [1.807, 2.05) is 38.1 Å². The van der Waals surface area contributed by atoms with Crippen LogP contribution in [0.1, 0.15) is 44.1 Å². The molecule has 0 aliphatic heterocycles. The van der Waals surface area contributed by atoms with Gasteiger partial charge in [-0.2, -0.15) is 0 Å². The van der Waals surface area contributed by atoms with Gasteiger partial charge >= 0.3 is 0 Å². The third-order valence-corrected chi connectivity index (χ3v) is 5.01. The van der Waals surface area contributed by atoms with Crippen LogP contribution in [0, 0.1) is 6.57 Å². The molecule has 5 nitrogen and oxygen atoms in total. The van der Waals surface area contributed by atoms with Crippen molar-refractivity contribution in [1.29, 1.82) is 0 Å². The summed E-state index contributed by atoms with van der Waals surface area (Å²) in [4.78, 5) is 20.3. The van der Waals surface area contributed by atoms with Crippen LogP contribution in [0.3, 0.4) is 0 Å². The molecule has 1 atom stereocenters. The molecule has 5 heteroatoms. The number of aliphatic hydroxyl groups is 1. The minimum Gasteiger partial charge on any atom is -0.467 e. The SMILES string of the molecule is [C-]#[N+]c1cncc(-c2ccc(C(C)(C)C(=O)CCC(O)c3ccco3)cc2)c1. The molecule has 0 aliphatic carbocycles. The van der Waals surface area contributed by atoms with Gasteiger partial charge in [-0.15, -0.1) is 0 Å². The molecular formula is C23H22N2O3. The molecule has 0 bridgehead atoms. The molecule has 0 fully saturated rings. The number of nitrogens with zero attached hydrogens (tertiary/aromatic N) is 2. The van der Waals surface area contributed by atoms with Crippen molar-refractivity contribution in [3.8, 4) is 11.1 Å². The van der Waals surface area contributed by atoms with Gasteiger partial charge in [0.25, 0.3) is 0 Å². The highest BCUT2D eigenvalue weighted by molar-refractivity contribution is 5.89. The molecule has 3 aromatic rings. The lowest BCUT2D eigenvalue weighted by Gasteiger charge is -2.24. The molecule has 2 heterocycles. The Kier molecular flexibility index (Phi) is 5.72. The summed E-state index contributed by atoms with van der Waals surface area (Å²) in [6.45, 7) is 10.9. The van der Waals surface area contributed by atoms with Crippen LogP contribution in [0.25, 0.3) is 16.0 Å². The first-order chi connectivity index (χ1) is 13.4. The van der Waals surface area contributed by atoms with Gasteiger partial charge in [0.1, 0.15) is 17.6 Å². The summed E-state index contributed by atoms with van der Waals surface area (Å²) in [5, 5.41) is 10.1. The maximum absolute atomic E-state index is 12.8. The van der Waals surface area contributed by atoms with E-state index in [0.717, 1.165) is 16.7 Å². The Hall–Kier alpha value is -3.23. The molecular weight excluding hydrogens is 352 g/mol. The highest BCUT2D eigenvalue weighted by atomic mass is 16.4. The van der Waals surface area contributed by atoms with Crippen molar-refractivity contribution in [3.05, 3.63) is 83.9 Å². The van der Waals surface area contributed by atoms with Crippen LogP contribution in [0.5, 0.6) is 0 Å². The van der Waals surface area contributed by atoms with Crippen LogP contribution in [0.4, 0.5) is 5.69 Å². The zero-order valence-electron chi connectivity index (χ0n) is 15.9. The van der Waals surface area contributed by atoms with E-state index >= 15 is 0 Å². The van der Waals surface area contributed by atoms with Gasteiger partial charge in [0.15, 0.2) is 0 Å². The van der Waals surface area contributed by atoms with E-state index in [-0.39, 0.29) is 12.2 Å². The van der Waals surface area contributed by atoms with Gasteiger partial charge in [0, 0.05) is 24.2 Å². The number of aromatic nitrogens is 1. The van der Waals surface area contributed by atoms with E-state index in [1.165, 1.54) is 12.5 Å². The summed E-state index contributed by atoms with van der Waals surface area (Å²) in [6, 6.07) is 13.0. The molecule has 142 valence electrons. The molecule has 1 unspecified atom stereocenters. The Balaban J connectivity index is 1.70. The maximum Gasteiger partial charge on any atom is 0.205 e. The van der Waals surface area contributed by atoms with Gasteiger partial charge in [-0.05, 0) is 55.2 Å². The van der Waals surface area contributed by atoms with Gasteiger partial charge in [0.05, 0.1) is 12.8 Å². The number of hydrogen-bond acceptors (Lipinski definition) is 4. The van der Waals surface area contributed by atoms with Crippen molar-refractivity contribution in [3.63, 3.8) is 0 Å². The third-order valence-electron chi connectivity index (χ3n) is 5.01. The number of carbonyl (C=O) groups is 1. The molecule has 1 N–H and O–H groups in total. The molecule has 0 radical (unpaired) electrons. The number of aliphatic hydroxyl groups excluding tert-OH is 1. The minimum absolute atomic E-state index is 0.0579. The lowest BCUT2D eigenvalue weighted by Crippen LogP contribution is -2.29. The number of Topliss-reactive ketones (excluding diaryl/α,β-unsaturated/α-hetero) is 1. The second-order valence-electron chi connectivity index (χ2n) is 7.24. The summed E-state index contributed by atoms with van der Waals surface area (Å²) >= 11 is 0. The van der Waals surface area contributed by atoms with E-state index in [2.05, 4.69) is 9.83 Å². The van der Waals surface area contributed by atoms with Crippen molar-refractivity contribution in [2.75, 3.05) is 0 Å². The zero-order valence-corrected chi connectivity index (χ0v) is 15.9. The first-order valence-corrected chi connectivity index (χ1v) is 9.10. The first-order valence-electron chi connectivity index (χ1n) is 9.10. The largest absolute Gasteiger partial charge is 0.467 e. The zero-order chi connectivity index (χ0) is 20.1. The normalized spacial score (nSPS) is 12.4. The number of pyridine rings is 1. The Morgan fingerprint density at radius 1 is 1.21 bits per heavy atom. The highest BCUT2D eigenvalue weighted by Gasteiger charge is 2.29. The molecule has 28 heavy (non-hydrogen) atoms. The van der Waals surface area contributed by atoms with Crippen molar-refractivity contribution in [1.82, 2.24) is 4.98 Å². The maximum atomic E-state index is 12.8. The van der Waals surface area contributed by atoms with E-state index in [0.29, 0.717) is 17.9 Å². The summed E-state index contributed by atoms with van der Waals surface area (Å²) in [5.74, 6) is 0.535. The fourth-order valence-corrected chi connectivity index (χ4v) is 3.09. The van der Waals surface area contributed by atoms with Crippen LogP contribution in [0.15, 0.2) is 65.5 Å². The van der Waals surface area contributed by atoms with Crippen LogP contribution >= 0.6 is 0 Å². The van der Waals surface area contributed by atoms with Crippen LogP contribution in [-0.4, -0.2) is 15.9 Å². The topological polar surface area (TPSA) is 67.7 Å². The van der Waals surface area contributed by atoms with Gasteiger partial charge in [-0.1, -0.05) is 24.3 Å². The first kappa shape index (κ1) is 19.5. The average molecular weight is 374 g/mol. The second-order valence-corrected chi connectivity index (χ2v) is 7.24. The lowest BCUT2D eigenvalue weighted by atomic mass is 9.78. The van der Waals surface area contributed by atoms with Crippen molar-refractivity contribution >= 4 is 11.5 Å². The number of ketones is 1. The van der Waals surface area contributed by atoms with Gasteiger partial charge < -0.3 is 9.52 Å². The standard InChI is InChI=1S/C23H22N2O3/c1-23(2,22(27)11-10-20(26)21-5-4-12-28-21)18-8-6-16(7-9-18)17-13-19(24-3)15-25-14-17/h4-9,12-15,20,26H,10-11H2,1-2H3. The Morgan fingerprint density at radius 2 is 1.96 bits per heavy atom. The van der Waals surface area contributed by atoms with Gasteiger partial charge in [-0.25, -0.2) is 4.85 Å². The highest BCUT2D eigenvalue weighted by Crippen LogP contribution is 2.31. The van der Waals surface area contributed by atoms with E-state index in [9.17, 15) is 9.90 Å². The van der Waals surface area contributed by atoms with Crippen molar-refractivity contribution in [2.24, 2.45) is 0 Å². The number of furan rings is 1. The van der Waals surface area contributed by atoms with Crippen LogP contribution < -0.4 is 0 Å². The molecule has 0 saturated carbocycles. The summed E-state index contributed by atoms with van der Waals surface area (Å²) in [5.41, 5.74) is 2.54. The van der Waals surface area contributed by atoms with E-state index in [4.69, 9.17) is 11.0 Å². The fraction of sp³-hybridized carbons (Fsp3) is 0.261. The molecule has 0 spiro atoms. The molecule has 1 aromatic carbocycles. The Bertz CT molecular complexity index is 983. The quantitative estimate of drug-likeness (QED) is 0.573. The molecule has 2 aromatic heterocycles. The Morgan fingerprint density at radius 3 is 2.61 bits per heavy atom. The van der Waals surface area contributed by atoms with Crippen LogP contribution in [-0.2, 0) is 10.2 Å². The molecule has 3 rings (SSSR count). The molecule has 0 aliphatic rings. The van der Waals surface area contributed by atoms with Crippen LogP contribution in [0.2, 0.25) is 0 Å². The summed E-state index contributed by atoms with van der Waals surface area (Å²) in [6.07, 6.45) is 4.56. The average Bonchev–Trinajstić information content (AvgIpc) is 3.27. The minimum atomic E-state index is -0.778. The van der Waals surface area contributed by atoms with Crippen molar-refractivity contribution in [2.45, 2.75) is 38.2 Å². The number of rotatable bonds is 7. The lowest BCUT2D eigenvalue weighted by molar-refractivity contribution is -0.124. The molecule has 0 saturated heterocycles. The summed E-state index contributed by atoms with van der Waals surface area (Å²) in [7, 11) is 0. The predicted octanol–water partition coefficient (Wildman–Crippen LogP) is 5.25. The van der Waals surface area contributed by atoms with E-state index < -0.39 is 11.5 Å². The second kappa shape index (κ2) is 8.20. The van der Waals surface area contributed by atoms with Gasteiger partial charge in [0.2, 0.25) is 5.69 Å². The molecule has 0 amide bonds. The van der Waals surface area contributed by atoms with Crippen molar-refractivity contribution < 1.29 is 14.3 Å². The fourth-order valence-electron chi connectivity index (χ4n) is 3.09. The van der Waals surface area contributed by atoms with E-state index in [1.54, 1.807) is 24.4 Å². The summed E-state index contributed by atoms with van der Waals surface area (Å²) < 4.78 is 5.18. The smallest absolute Gasteiger partial charge is 0.205 e. The van der Waals surface area contributed by atoms with Gasteiger partial charge in [-0.3, -0.25) is 9.78 Å². The third kappa shape index (κ3) is 4.19. The monoisotopic (exact) mass is 374 g/mol. The number of hydrogen-bond donors (Lipinski definition) is 1. The Labute approximate surface area is 164 Å². The number of benzene rings is 1. The number of carbonyl (C=O) groups excluding carboxylic acids is 1.